The highest BCUT2D eigenvalue weighted by atomic mass is 35.5. The number of phenols is 3. The molecule has 0 spiro atoms. The summed E-state index contributed by atoms with van der Waals surface area (Å²) in [6.45, 7) is 28.3. The SMILES string of the molecule is C[C@H]1CCN(CCOc2ccc(-c3c(C(=O)c4ccc(F)cc4Cl)sc4cc(O)ccc34)cc2)C1.Cc1cc(C)c(C(=O)c2sc3cc(O)ccc3c2-c2ccc(OCCN3CC[C@H](C)C3)cc2)c(C)c1.Cc1cc(Cl)cc(C)c1C(=O)c1sc2cc(O)ccc2c1-c1ccc(OCCN2CC[C@H](C)C2)cc1. The van der Waals surface area contributed by atoms with Gasteiger partial charge in [-0.25, -0.2) is 4.39 Å². The van der Waals surface area contributed by atoms with Gasteiger partial charge in [-0.2, -0.15) is 0 Å². The molecule has 9 aromatic carbocycles. The Labute approximate surface area is 647 Å². The molecule has 552 valence electrons. The highest BCUT2D eigenvalue weighted by Gasteiger charge is 2.29. The largest absolute Gasteiger partial charge is 0.508 e. The molecule has 0 bridgehead atoms. The third-order valence-corrected chi connectivity index (χ3v) is 24.4. The van der Waals surface area contributed by atoms with E-state index in [1.165, 1.54) is 65.4 Å². The number of rotatable bonds is 21. The maximum atomic E-state index is 13.9. The smallest absolute Gasteiger partial charge is 0.205 e. The van der Waals surface area contributed by atoms with E-state index in [2.05, 4.69) is 54.5 Å². The van der Waals surface area contributed by atoms with Crippen LogP contribution in [0.3, 0.4) is 0 Å². The normalized spacial score (nSPS) is 16.1. The number of likely N-dealkylation sites (tertiary alicyclic amines) is 3. The first-order valence-corrected chi connectivity index (χ1v) is 39.8. The number of phenolic OH excluding ortho intramolecular Hbond substituents is 3. The molecule has 18 heteroatoms. The zero-order chi connectivity index (χ0) is 75.3. The van der Waals surface area contributed by atoms with Crippen molar-refractivity contribution in [1.82, 2.24) is 14.7 Å². The number of hydrogen-bond acceptors (Lipinski definition) is 15. The number of fused-ring (bicyclic) bond motifs is 3. The molecule has 3 N–H and O–H groups in total. The molecule has 0 amide bonds. The number of nitrogens with zero attached hydrogens (tertiary/aromatic N) is 3. The van der Waals surface area contributed by atoms with Gasteiger partial charge >= 0.3 is 0 Å². The fourth-order valence-electron chi connectivity index (χ4n) is 15.1. The van der Waals surface area contributed by atoms with Crippen LogP contribution in [0.25, 0.3) is 63.6 Å². The first-order chi connectivity index (χ1) is 51.5. The molecule has 0 aliphatic carbocycles. The fraction of sp³-hybridized carbons (Fsp3) is 0.292. The summed E-state index contributed by atoms with van der Waals surface area (Å²) in [5.41, 5.74) is 11.8. The van der Waals surface area contributed by atoms with Crippen molar-refractivity contribution in [1.29, 1.82) is 0 Å². The third-order valence-electron chi connectivity index (χ3n) is 20.4. The number of hydrogen-bond donors (Lipinski definition) is 3. The van der Waals surface area contributed by atoms with E-state index in [1.807, 2.05) is 125 Å². The van der Waals surface area contributed by atoms with Crippen LogP contribution in [0, 0.1) is 58.2 Å². The molecule has 3 aliphatic rings. The lowest BCUT2D eigenvalue weighted by atomic mass is 9.92. The fourth-order valence-corrected chi connectivity index (χ4v) is 19.3. The van der Waals surface area contributed by atoms with Gasteiger partial charge in [0.15, 0.2) is 0 Å². The molecule has 15 rings (SSSR count). The van der Waals surface area contributed by atoms with Crippen LogP contribution in [0.2, 0.25) is 10.0 Å². The van der Waals surface area contributed by atoms with Crippen LogP contribution in [-0.2, 0) is 0 Å². The van der Waals surface area contributed by atoms with Gasteiger partial charge < -0.3 is 29.5 Å². The molecule has 6 heterocycles. The maximum absolute atomic E-state index is 13.9. The Bertz CT molecular complexity index is 5000. The van der Waals surface area contributed by atoms with E-state index in [0.717, 1.165) is 197 Å². The van der Waals surface area contributed by atoms with E-state index < -0.39 is 5.82 Å². The van der Waals surface area contributed by atoms with Gasteiger partial charge in [0.05, 0.1) is 19.7 Å². The van der Waals surface area contributed by atoms with Crippen LogP contribution >= 0.6 is 57.2 Å². The first kappa shape index (κ1) is 76.3. The van der Waals surface area contributed by atoms with Crippen molar-refractivity contribution in [3.63, 3.8) is 0 Å². The molecule has 3 fully saturated rings. The second-order valence-corrected chi connectivity index (χ2v) is 33.0. The number of ether oxygens (including phenoxy) is 3. The molecule has 3 aliphatic heterocycles. The van der Waals surface area contributed by atoms with Crippen LogP contribution in [0.5, 0.6) is 34.5 Å². The van der Waals surface area contributed by atoms with Crippen molar-refractivity contribution in [2.24, 2.45) is 17.8 Å². The lowest BCUT2D eigenvalue weighted by Gasteiger charge is -2.16. The Hall–Kier alpha value is -8.94. The maximum Gasteiger partial charge on any atom is 0.205 e. The number of carbonyl (C=O) groups is 3. The predicted molar refractivity (Wildman–Crippen MR) is 437 cm³/mol. The average molecular weight is 1530 g/mol. The minimum Gasteiger partial charge on any atom is -0.508 e. The Morgan fingerprint density at radius 3 is 1.07 bits per heavy atom. The minimum atomic E-state index is -0.497. The van der Waals surface area contributed by atoms with Crippen LogP contribution in [0.4, 0.5) is 4.39 Å². The number of carbonyl (C=O) groups excluding carboxylic acids is 3. The molecule has 107 heavy (non-hydrogen) atoms. The Morgan fingerprint density at radius 1 is 0.430 bits per heavy atom. The van der Waals surface area contributed by atoms with Gasteiger partial charge in [0, 0.05) is 108 Å². The van der Waals surface area contributed by atoms with Gasteiger partial charge in [-0.1, -0.05) is 98.1 Å². The summed E-state index contributed by atoms with van der Waals surface area (Å²) in [5, 5.41) is 33.6. The van der Waals surface area contributed by atoms with Crippen molar-refractivity contribution in [3.05, 3.63) is 245 Å². The van der Waals surface area contributed by atoms with E-state index in [0.29, 0.717) is 45.0 Å². The van der Waals surface area contributed by atoms with Crippen LogP contribution in [0.15, 0.2) is 170 Å². The van der Waals surface area contributed by atoms with Gasteiger partial charge in [0.2, 0.25) is 17.3 Å². The van der Waals surface area contributed by atoms with Gasteiger partial charge in [-0.05, 0) is 252 Å². The van der Waals surface area contributed by atoms with Crippen LogP contribution in [-0.4, -0.2) is 126 Å². The number of thiophene rings is 3. The van der Waals surface area contributed by atoms with Crippen molar-refractivity contribution in [2.75, 3.05) is 78.7 Å². The third kappa shape index (κ3) is 17.8. The topological polar surface area (TPSA) is 149 Å². The Morgan fingerprint density at radius 2 is 0.757 bits per heavy atom. The molecule has 3 aromatic heterocycles. The second-order valence-electron chi connectivity index (χ2n) is 29.0. The quantitative estimate of drug-likeness (QED) is 0.0588. The molecular weight excluding hydrogens is 1440 g/mol. The van der Waals surface area contributed by atoms with Crippen molar-refractivity contribution in [2.45, 2.75) is 74.7 Å². The van der Waals surface area contributed by atoms with Crippen molar-refractivity contribution < 1.29 is 48.3 Å². The minimum absolute atomic E-state index is 0.0286. The molecule has 0 unspecified atom stereocenters. The summed E-state index contributed by atoms with van der Waals surface area (Å²) >= 11 is 16.6. The summed E-state index contributed by atoms with van der Waals surface area (Å²) in [6, 6.07) is 50.9. The van der Waals surface area contributed by atoms with Gasteiger partial charge in [-0.3, -0.25) is 29.1 Å². The summed E-state index contributed by atoms with van der Waals surface area (Å²) in [5.74, 6) is 4.44. The van der Waals surface area contributed by atoms with Gasteiger partial charge in [0.1, 0.15) is 60.1 Å². The van der Waals surface area contributed by atoms with Gasteiger partial charge in [-0.15, -0.1) is 34.0 Å². The van der Waals surface area contributed by atoms with Crippen molar-refractivity contribution >= 4 is 105 Å². The number of benzene rings is 9. The lowest BCUT2D eigenvalue weighted by Crippen LogP contribution is -2.25. The Kier molecular flexibility index (Phi) is 24.0. The van der Waals surface area contributed by atoms with Gasteiger partial charge in [0.25, 0.3) is 0 Å². The molecule has 3 saturated heterocycles. The predicted octanol–water partition coefficient (Wildman–Crippen LogP) is 21.7. The van der Waals surface area contributed by atoms with Crippen LogP contribution < -0.4 is 14.2 Å². The number of aryl methyl sites for hydroxylation is 5. The summed E-state index contributed by atoms with van der Waals surface area (Å²) in [4.78, 5) is 50.5. The highest BCUT2D eigenvalue weighted by molar-refractivity contribution is 7.22. The lowest BCUT2D eigenvalue weighted by molar-refractivity contribution is 0.103. The van der Waals surface area contributed by atoms with E-state index in [4.69, 9.17) is 37.4 Å². The number of aromatic hydroxyl groups is 3. The first-order valence-electron chi connectivity index (χ1n) is 36.6. The van der Waals surface area contributed by atoms with E-state index in [1.54, 1.807) is 42.5 Å². The van der Waals surface area contributed by atoms with Crippen LogP contribution in [0.1, 0.15) is 114 Å². The van der Waals surface area contributed by atoms with E-state index in [9.17, 15) is 34.1 Å². The standard InChI is InChI=1S/C31H33NO3S.C30H30ClNO3S.C28H25ClFNO3S/c1-19-11-12-32(18-19)13-14-35-25-8-5-23(6-9-25)29-26-10-7-24(33)17-27(26)36-31(29)30(34)28-21(3)15-20(2)16-22(28)4;1-18-10-11-32(17-18)12-13-35-24-7-4-21(5-8-24)28-25-9-6-23(33)16-26(25)36-30(28)29(34)27-19(2)14-22(31)15-20(27)3;1-17-10-11-31(16-17)12-13-34-21-6-2-18(3-7-21)26-23-9-5-20(32)15-25(23)35-28(26)27(33)22-8-4-19(30)14-24(22)29/h5-10,15-17,19,33H,11-14,18H2,1-4H3;4-9,14-16,18,33H,10-13,17H2,1-3H3;2-9,14-15,17,32H,10-13,16H2,1H3/t19-;18-;17-/m000/s1. The summed E-state index contributed by atoms with van der Waals surface area (Å²) < 4.78 is 34.1. The summed E-state index contributed by atoms with van der Waals surface area (Å²) in [7, 11) is 0. The summed E-state index contributed by atoms with van der Waals surface area (Å²) in [6.07, 6.45) is 3.77. The van der Waals surface area contributed by atoms with E-state index in [-0.39, 0.29) is 45.2 Å². The molecule has 12 aromatic rings. The zero-order valence-electron chi connectivity index (χ0n) is 61.5. The zero-order valence-corrected chi connectivity index (χ0v) is 65.5. The number of halogens is 3. The molecule has 0 saturated carbocycles. The Balaban J connectivity index is 0.000000142. The molecule has 0 radical (unpaired) electrons. The monoisotopic (exact) mass is 1530 g/mol. The van der Waals surface area contributed by atoms with Crippen molar-refractivity contribution in [3.8, 4) is 67.9 Å². The second kappa shape index (κ2) is 33.7. The average Bonchev–Trinajstić information content (AvgIpc) is 1.63. The molecule has 3 atom stereocenters. The molecule has 12 nitrogen and oxygen atoms in total. The highest BCUT2D eigenvalue weighted by Crippen LogP contribution is 2.46. The number of ketones is 3. The van der Waals surface area contributed by atoms with E-state index >= 15 is 0 Å². The molecular formula is C89H88Cl2FN3O9S3.